The van der Waals surface area contributed by atoms with Crippen LogP contribution in [0.25, 0.3) is 76.8 Å². The van der Waals surface area contributed by atoms with Crippen molar-refractivity contribution < 1.29 is 8.78 Å². The first-order valence-electron chi connectivity index (χ1n) is 31.2. The monoisotopic (exact) mass is 1220 g/mol. The second-order valence-electron chi connectivity index (χ2n) is 28.9. The van der Waals surface area contributed by atoms with Gasteiger partial charge in [-0.3, -0.25) is 0 Å². The fourth-order valence-electron chi connectivity index (χ4n) is 12.9. The van der Waals surface area contributed by atoms with Gasteiger partial charge in [-0.1, -0.05) is 257 Å². The lowest BCUT2D eigenvalue weighted by molar-refractivity contribution is 0.629. The molecule has 0 spiro atoms. The lowest BCUT2D eigenvalue weighted by Crippen LogP contribution is -2.37. The van der Waals surface area contributed by atoms with E-state index in [0.717, 1.165) is 122 Å². The van der Waals surface area contributed by atoms with Gasteiger partial charge in [-0.2, -0.15) is 0 Å². The molecule has 0 fully saturated rings. The number of hydrogen-bond acceptors (Lipinski definition) is 2. The lowest BCUT2D eigenvalue weighted by Gasteiger charge is -2.33. The molecule has 12 aromatic carbocycles. The van der Waals surface area contributed by atoms with E-state index in [1.165, 1.54) is 20.7 Å². The fraction of sp³-hybridized carbons (Fsp3) is 0.200. The van der Waals surface area contributed by atoms with Gasteiger partial charge in [-0.05, 0) is 153 Å². The fourth-order valence-corrected chi connectivity index (χ4v) is 17.5. The van der Waals surface area contributed by atoms with Crippen molar-refractivity contribution in [3.05, 3.63) is 240 Å². The molecule has 0 aliphatic heterocycles. The molecule has 0 unspecified atom stereocenters. The van der Waals surface area contributed by atoms with Crippen molar-refractivity contribution in [2.24, 2.45) is 0 Å². The summed E-state index contributed by atoms with van der Waals surface area (Å²) in [6.45, 7) is 36.9. The zero-order chi connectivity index (χ0) is 62.5. The first-order valence-corrected chi connectivity index (χ1v) is 45.2. The van der Waals surface area contributed by atoms with Crippen LogP contribution in [0.1, 0.15) is 22.3 Å². The van der Waals surface area contributed by atoms with Crippen molar-refractivity contribution >= 4 is 119 Å². The van der Waals surface area contributed by atoms with Crippen molar-refractivity contribution in [3.63, 3.8) is 0 Å². The van der Waals surface area contributed by atoms with E-state index in [9.17, 15) is 0 Å². The summed E-state index contributed by atoms with van der Waals surface area (Å²) in [7, 11) is -6.53. The highest BCUT2D eigenvalue weighted by Gasteiger charge is 2.31. The van der Waals surface area contributed by atoms with E-state index in [1.54, 1.807) is 12.1 Å². The molecule has 0 atom stereocenters. The smallest absolute Gasteiger partial charge is 0.148 e. The van der Waals surface area contributed by atoms with Crippen LogP contribution in [0.4, 0.5) is 42.9 Å². The Kier molecular flexibility index (Phi) is 15.5. The maximum absolute atomic E-state index is 18.6. The Morgan fingerprint density at radius 1 is 0.273 bits per heavy atom. The molecule has 0 radical (unpaired) electrons. The number of benzene rings is 12. The number of hydrogen-bond donors (Lipinski definition) is 0. The zero-order valence-corrected chi connectivity index (χ0v) is 58.3. The summed E-state index contributed by atoms with van der Waals surface area (Å²) in [6.07, 6.45) is 0. The molecule has 442 valence electrons. The molecule has 0 bridgehead atoms. The van der Waals surface area contributed by atoms with Crippen molar-refractivity contribution in [2.75, 3.05) is 9.80 Å². The Bertz CT molecular complexity index is 4340. The molecule has 0 amide bonds. The number of nitrogens with zero attached hydrogens (tertiary/aromatic N) is 2. The van der Waals surface area contributed by atoms with E-state index in [0.29, 0.717) is 11.4 Å². The summed E-state index contributed by atoms with van der Waals surface area (Å²) in [6, 6.07) is 74.0. The van der Waals surface area contributed by atoms with Crippen molar-refractivity contribution in [2.45, 2.75) is 106 Å². The minimum atomic E-state index is -1.68. The Morgan fingerprint density at radius 3 is 0.875 bits per heavy atom. The van der Waals surface area contributed by atoms with Crippen LogP contribution in [0.5, 0.6) is 0 Å². The predicted molar refractivity (Wildman–Crippen MR) is 392 cm³/mol. The second kappa shape index (κ2) is 22.6. The molecule has 0 aromatic heterocycles. The standard InChI is InChI=1S/C80H82F2N2Si4/c1-51-17-19-53(3)75(45-51)83(79-69(57-25-37-65(38-26-57)87(11,12)13)47-61(49-71(79)81)55-21-33-63(34-22-55)85(5,6)7)73-43-31-59-30-42-68-74(44-32-60-29-41-67(73)77(59)78(60)68)84(76-46-52(2)18-20-54(76)4)80-70(58-27-39-66(40-28-58)88(14,15)16)48-62(50-72(80)82)56-23-35-64(36-24-56)86(8,9)10/h17-50H,1-16H3. The average Bonchev–Trinajstić information content (AvgIpc) is 0.730. The first-order chi connectivity index (χ1) is 41.6. The second-order valence-corrected chi connectivity index (χ2v) is 49.2. The van der Waals surface area contributed by atoms with E-state index in [1.807, 2.05) is 0 Å². The third-order valence-corrected chi connectivity index (χ3v) is 26.4. The summed E-state index contributed by atoms with van der Waals surface area (Å²) in [4.78, 5) is 4.39. The number of rotatable bonds is 14. The summed E-state index contributed by atoms with van der Waals surface area (Å²) >= 11 is 0. The van der Waals surface area contributed by atoms with E-state index >= 15 is 8.78 Å². The molecular formula is C80H82F2N2Si4. The van der Waals surface area contributed by atoms with Gasteiger partial charge < -0.3 is 9.80 Å². The highest BCUT2D eigenvalue weighted by Crippen LogP contribution is 2.53. The van der Waals surface area contributed by atoms with E-state index < -0.39 is 32.3 Å². The van der Waals surface area contributed by atoms with Gasteiger partial charge in [0.2, 0.25) is 0 Å². The topological polar surface area (TPSA) is 6.48 Å². The summed E-state index contributed by atoms with van der Waals surface area (Å²) in [5.74, 6) is -0.617. The van der Waals surface area contributed by atoms with Gasteiger partial charge in [0, 0.05) is 33.3 Å². The first kappa shape index (κ1) is 60.3. The van der Waals surface area contributed by atoms with E-state index in [4.69, 9.17) is 0 Å². The molecular weight excluding hydrogens is 1140 g/mol. The molecule has 0 N–H and O–H groups in total. The molecule has 0 heterocycles. The van der Waals surface area contributed by atoms with Crippen LogP contribution in [0.3, 0.4) is 0 Å². The lowest BCUT2D eigenvalue weighted by atomic mass is 9.90. The molecule has 12 rings (SSSR count). The van der Waals surface area contributed by atoms with Crippen LogP contribution < -0.4 is 30.5 Å². The molecule has 2 nitrogen and oxygen atoms in total. The van der Waals surface area contributed by atoms with Crippen molar-refractivity contribution in [3.8, 4) is 44.5 Å². The molecule has 0 saturated heterocycles. The molecule has 0 saturated carbocycles. The van der Waals surface area contributed by atoms with Crippen LogP contribution in [-0.4, -0.2) is 32.3 Å². The summed E-state index contributed by atoms with van der Waals surface area (Å²) in [5, 5.41) is 11.6. The van der Waals surface area contributed by atoms with Crippen LogP contribution in [-0.2, 0) is 0 Å². The van der Waals surface area contributed by atoms with Crippen molar-refractivity contribution in [1.29, 1.82) is 0 Å². The zero-order valence-electron chi connectivity index (χ0n) is 54.3. The molecule has 12 aromatic rings. The minimum Gasteiger partial charge on any atom is -0.306 e. The molecule has 0 aliphatic carbocycles. The Balaban J connectivity index is 1.12. The maximum atomic E-state index is 18.6. The quantitative estimate of drug-likeness (QED) is 0.0791. The third kappa shape index (κ3) is 11.3. The Labute approximate surface area is 525 Å². The van der Waals surface area contributed by atoms with Gasteiger partial charge in [0.05, 0.1) is 55.0 Å². The van der Waals surface area contributed by atoms with E-state index in [2.05, 4.69) is 310 Å². The Hall–Kier alpha value is -7.99. The Morgan fingerprint density at radius 2 is 0.568 bits per heavy atom. The normalized spacial score (nSPS) is 12.4. The van der Waals surface area contributed by atoms with Gasteiger partial charge in [-0.15, -0.1) is 0 Å². The minimum absolute atomic E-state index is 0.309. The van der Waals surface area contributed by atoms with Gasteiger partial charge >= 0.3 is 0 Å². The average molecular weight is 1220 g/mol. The summed E-state index contributed by atoms with van der Waals surface area (Å²) in [5.41, 5.74) is 15.9. The van der Waals surface area contributed by atoms with E-state index in [-0.39, 0.29) is 11.6 Å². The van der Waals surface area contributed by atoms with Gasteiger partial charge in [0.1, 0.15) is 11.6 Å². The maximum Gasteiger partial charge on any atom is 0.148 e. The molecule has 88 heavy (non-hydrogen) atoms. The largest absolute Gasteiger partial charge is 0.306 e. The van der Waals surface area contributed by atoms with Gasteiger partial charge in [-0.25, -0.2) is 8.78 Å². The SMILES string of the molecule is Cc1ccc(C)c(N(c2c(F)cc(-c3ccc([Si](C)(C)C)cc3)cc2-c2ccc([Si](C)(C)C)cc2)c2ccc3ccc4c(N(c5cc(C)ccc5C)c5c(F)cc(-c6ccc([Si](C)(C)C)cc6)cc5-c5ccc([Si](C)(C)C)cc5)ccc5ccc2c3c54)c1. The van der Waals surface area contributed by atoms with Crippen LogP contribution in [0.2, 0.25) is 78.6 Å². The van der Waals surface area contributed by atoms with Gasteiger partial charge in [0.15, 0.2) is 0 Å². The molecule has 8 heteroatoms. The van der Waals surface area contributed by atoms with Gasteiger partial charge in [0.25, 0.3) is 0 Å². The predicted octanol–water partition coefficient (Wildman–Crippen LogP) is 21.9. The third-order valence-electron chi connectivity index (χ3n) is 18.2. The van der Waals surface area contributed by atoms with Crippen LogP contribution in [0, 0.1) is 39.3 Å². The van der Waals surface area contributed by atoms with Crippen molar-refractivity contribution in [1.82, 2.24) is 0 Å². The van der Waals surface area contributed by atoms with Crippen LogP contribution >= 0.6 is 0 Å². The summed E-state index contributed by atoms with van der Waals surface area (Å²) < 4.78 is 37.1. The van der Waals surface area contributed by atoms with Crippen LogP contribution in [0.15, 0.2) is 206 Å². The number of aryl methyl sites for hydroxylation is 4. The highest BCUT2D eigenvalue weighted by atomic mass is 28.3. The number of halogens is 2. The highest BCUT2D eigenvalue weighted by molar-refractivity contribution is 6.90. The molecule has 0 aliphatic rings. The number of anilines is 6.